The third kappa shape index (κ3) is 3.05. The molecule has 100 valence electrons. The lowest BCUT2D eigenvalue weighted by Crippen LogP contribution is -2.35. The standard InChI is InChI=1S/C15H19N3O/c1-11(13-6-4-3-5-7-13)17-15(19)14-8-12(9-16)10-18(14)2/h6,8,10-11H,3-5,7H2,1-2H3,(H,17,19). The maximum absolute atomic E-state index is 12.2. The van der Waals surface area contributed by atoms with Crippen LogP contribution in [0.4, 0.5) is 0 Å². The molecule has 0 aromatic carbocycles. The summed E-state index contributed by atoms with van der Waals surface area (Å²) in [6.07, 6.45) is 8.53. The van der Waals surface area contributed by atoms with Crippen LogP contribution in [0.2, 0.25) is 0 Å². The molecule has 0 radical (unpaired) electrons. The first-order valence-corrected chi connectivity index (χ1v) is 6.68. The Morgan fingerprint density at radius 2 is 2.32 bits per heavy atom. The van der Waals surface area contributed by atoms with Gasteiger partial charge in [0.15, 0.2) is 0 Å². The molecule has 1 aliphatic carbocycles. The lowest BCUT2D eigenvalue weighted by Gasteiger charge is -2.20. The van der Waals surface area contributed by atoms with E-state index in [1.54, 1.807) is 23.9 Å². The first-order chi connectivity index (χ1) is 9.11. The maximum atomic E-state index is 12.2. The van der Waals surface area contributed by atoms with Gasteiger partial charge in [-0.25, -0.2) is 0 Å². The number of carbonyl (C=O) groups is 1. The van der Waals surface area contributed by atoms with Crippen molar-refractivity contribution in [1.82, 2.24) is 9.88 Å². The molecule has 1 atom stereocenters. The van der Waals surface area contributed by atoms with E-state index in [9.17, 15) is 4.79 Å². The molecule has 2 rings (SSSR count). The van der Waals surface area contributed by atoms with Gasteiger partial charge < -0.3 is 9.88 Å². The van der Waals surface area contributed by atoms with Gasteiger partial charge in [-0.15, -0.1) is 0 Å². The predicted molar refractivity (Wildman–Crippen MR) is 73.6 cm³/mol. The zero-order chi connectivity index (χ0) is 13.8. The van der Waals surface area contributed by atoms with Crippen molar-refractivity contribution < 1.29 is 4.79 Å². The van der Waals surface area contributed by atoms with E-state index in [0.717, 1.165) is 12.8 Å². The maximum Gasteiger partial charge on any atom is 0.268 e. The molecule has 0 aliphatic heterocycles. The molecule has 19 heavy (non-hydrogen) atoms. The van der Waals surface area contributed by atoms with Crippen LogP contribution in [0.3, 0.4) is 0 Å². The van der Waals surface area contributed by atoms with Crippen molar-refractivity contribution in [3.8, 4) is 6.07 Å². The third-order valence-electron chi connectivity index (χ3n) is 3.60. The van der Waals surface area contributed by atoms with Gasteiger partial charge in [0, 0.05) is 19.3 Å². The highest BCUT2D eigenvalue weighted by molar-refractivity contribution is 5.93. The van der Waals surface area contributed by atoms with E-state index >= 15 is 0 Å². The van der Waals surface area contributed by atoms with Gasteiger partial charge in [0.05, 0.1) is 5.56 Å². The minimum atomic E-state index is -0.122. The van der Waals surface area contributed by atoms with Gasteiger partial charge in [0.25, 0.3) is 5.91 Å². The largest absolute Gasteiger partial charge is 0.345 e. The van der Waals surface area contributed by atoms with E-state index in [1.807, 2.05) is 13.0 Å². The van der Waals surface area contributed by atoms with Crippen molar-refractivity contribution in [2.24, 2.45) is 7.05 Å². The molecule has 0 bridgehead atoms. The van der Waals surface area contributed by atoms with Crippen molar-refractivity contribution in [2.45, 2.75) is 38.6 Å². The fraction of sp³-hybridized carbons (Fsp3) is 0.467. The molecular formula is C15H19N3O. The summed E-state index contributed by atoms with van der Waals surface area (Å²) in [4.78, 5) is 12.2. The summed E-state index contributed by atoms with van der Waals surface area (Å²) < 4.78 is 1.69. The highest BCUT2D eigenvalue weighted by Crippen LogP contribution is 2.20. The van der Waals surface area contributed by atoms with Crippen LogP contribution in [0, 0.1) is 11.3 Å². The number of nitrogens with one attached hydrogen (secondary N) is 1. The number of hydrogen-bond acceptors (Lipinski definition) is 2. The van der Waals surface area contributed by atoms with Crippen LogP contribution in [-0.4, -0.2) is 16.5 Å². The van der Waals surface area contributed by atoms with E-state index in [0.29, 0.717) is 11.3 Å². The molecule has 1 aromatic rings. The number of allylic oxidation sites excluding steroid dienone is 1. The summed E-state index contributed by atoms with van der Waals surface area (Å²) in [7, 11) is 1.78. The smallest absolute Gasteiger partial charge is 0.268 e. The minimum absolute atomic E-state index is 0.0632. The molecule has 4 heteroatoms. The molecule has 0 saturated carbocycles. The zero-order valence-corrected chi connectivity index (χ0v) is 11.4. The molecule has 0 fully saturated rings. The molecule has 1 heterocycles. The Bertz CT molecular complexity index is 548. The Morgan fingerprint density at radius 1 is 1.53 bits per heavy atom. The Morgan fingerprint density at radius 3 is 2.89 bits per heavy atom. The van der Waals surface area contributed by atoms with Crippen molar-refractivity contribution in [3.05, 3.63) is 35.2 Å². The number of aryl methyl sites for hydroxylation is 1. The summed E-state index contributed by atoms with van der Waals surface area (Å²) in [5.41, 5.74) is 2.35. The third-order valence-corrected chi connectivity index (χ3v) is 3.60. The van der Waals surface area contributed by atoms with Crippen LogP contribution in [0.25, 0.3) is 0 Å². The van der Waals surface area contributed by atoms with Crippen LogP contribution < -0.4 is 5.32 Å². The number of aromatic nitrogens is 1. The van der Waals surface area contributed by atoms with E-state index in [-0.39, 0.29) is 11.9 Å². The van der Waals surface area contributed by atoms with Gasteiger partial charge in [-0.05, 0) is 38.7 Å². The summed E-state index contributed by atoms with van der Waals surface area (Å²) in [6.45, 7) is 2.02. The van der Waals surface area contributed by atoms with Crippen LogP contribution in [0.1, 0.15) is 48.7 Å². The first-order valence-electron chi connectivity index (χ1n) is 6.68. The molecule has 0 saturated heterocycles. The van der Waals surface area contributed by atoms with Gasteiger partial charge in [-0.1, -0.05) is 11.6 Å². The van der Waals surface area contributed by atoms with E-state index in [4.69, 9.17) is 5.26 Å². The van der Waals surface area contributed by atoms with Crippen molar-refractivity contribution in [3.63, 3.8) is 0 Å². The van der Waals surface area contributed by atoms with Crippen molar-refractivity contribution >= 4 is 5.91 Å². The topological polar surface area (TPSA) is 57.8 Å². The lowest BCUT2D eigenvalue weighted by molar-refractivity contribution is 0.0936. The number of amides is 1. The quantitative estimate of drug-likeness (QED) is 0.846. The molecule has 4 nitrogen and oxygen atoms in total. The number of rotatable bonds is 3. The Kier molecular flexibility index (Phi) is 4.06. The number of nitrogens with zero attached hydrogens (tertiary/aromatic N) is 2. The average Bonchev–Trinajstić information content (AvgIpc) is 2.81. The normalized spacial score (nSPS) is 16.4. The number of carbonyl (C=O) groups excluding carboxylic acids is 1. The zero-order valence-electron chi connectivity index (χ0n) is 11.4. The number of hydrogen-bond donors (Lipinski definition) is 1. The Balaban J connectivity index is 2.06. The van der Waals surface area contributed by atoms with Gasteiger partial charge in [-0.3, -0.25) is 4.79 Å². The molecule has 0 spiro atoms. The summed E-state index contributed by atoms with van der Waals surface area (Å²) in [5.74, 6) is -0.122. The van der Waals surface area contributed by atoms with E-state index < -0.39 is 0 Å². The SMILES string of the molecule is CC(NC(=O)c1cc(C#N)cn1C)C1=CCCCC1. The molecule has 1 unspecified atom stereocenters. The Labute approximate surface area is 113 Å². The summed E-state index contributed by atoms with van der Waals surface area (Å²) in [6, 6.07) is 3.73. The molecular weight excluding hydrogens is 238 g/mol. The van der Waals surface area contributed by atoms with Gasteiger partial charge in [0.1, 0.15) is 11.8 Å². The van der Waals surface area contributed by atoms with Crippen LogP contribution in [-0.2, 0) is 7.05 Å². The highest BCUT2D eigenvalue weighted by Gasteiger charge is 2.17. The summed E-state index contributed by atoms with van der Waals surface area (Å²) in [5, 5.41) is 11.8. The van der Waals surface area contributed by atoms with Gasteiger partial charge >= 0.3 is 0 Å². The predicted octanol–water partition coefficient (Wildman–Crippen LogP) is 2.52. The van der Waals surface area contributed by atoms with Crippen molar-refractivity contribution in [1.29, 1.82) is 5.26 Å². The minimum Gasteiger partial charge on any atom is -0.345 e. The van der Waals surface area contributed by atoms with Crippen LogP contribution >= 0.6 is 0 Å². The highest BCUT2D eigenvalue weighted by atomic mass is 16.2. The average molecular weight is 257 g/mol. The van der Waals surface area contributed by atoms with Crippen molar-refractivity contribution in [2.75, 3.05) is 0 Å². The van der Waals surface area contributed by atoms with Crippen LogP contribution in [0.15, 0.2) is 23.9 Å². The number of nitriles is 1. The molecule has 1 aromatic heterocycles. The molecule has 1 amide bonds. The summed E-state index contributed by atoms with van der Waals surface area (Å²) >= 11 is 0. The van der Waals surface area contributed by atoms with Gasteiger partial charge in [0.2, 0.25) is 0 Å². The van der Waals surface area contributed by atoms with Crippen LogP contribution in [0.5, 0.6) is 0 Å². The fourth-order valence-corrected chi connectivity index (χ4v) is 2.47. The fourth-order valence-electron chi connectivity index (χ4n) is 2.47. The van der Waals surface area contributed by atoms with E-state index in [2.05, 4.69) is 11.4 Å². The molecule has 1 N–H and O–H groups in total. The Hall–Kier alpha value is -2.02. The second-order valence-corrected chi connectivity index (χ2v) is 5.06. The lowest BCUT2D eigenvalue weighted by atomic mass is 9.95. The second kappa shape index (κ2) is 5.75. The second-order valence-electron chi connectivity index (χ2n) is 5.06. The first kappa shape index (κ1) is 13.4. The van der Waals surface area contributed by atoms with E-state index in [1.165, 1.54) is 18.4 Å². The molecule has 1 aliphatic rings. The van der Waals surface area contributed by atoms with Gasteiger partial charge in [-0.2, -0.15) is 5.26 Å². The monoisotopic (exact) mass is 257 g/mol.